The highest BCUT2D eigenvalue weighted by molar-refractivity contribution is 6.30. The molecule has 0 saturated carbocycles. The summed E-state index contributed by atoms with van der Waals surface area (Å²) in [4.78, 5) is 26.5. The van der Waals surface area contributed by atoms with Crippen molar-refractivity contribution in [2.24, 2.45) is 0 Å². The van der Waals surface area contributed by atoms with Gasteiger partial charge in [-0.15, -0.1) is 0 Å². The third kappa shape index (κ3) is 3.97. The predicted molar refractivity (Wildman–Crippen MR) is 91.4 cm³/mol. The monoisotopic (exact) mass is 349 g/mol. The summed E-state index contributed by atoms with van der Waals surface area (Å²) in [6.45, 7) is 3.99. The average molecular weight is 350 g/mol. The van der Waals surface area contributed by atoms with Crippen LogP contribution in [0, 0.1) is 0 Å². The minimum atomic E-state index is -0.559. The smallest absolute Gasteiger partial charge is 0.336 e. The summed E-state index contributed by atoms with van der Waals surface area (Å²) in [5.41, 5.74) is 1.53. The number of halogens is 1. The summed E-state index contributed by atoms with van der Waals surface area (Å²) in [5, 5.41) is 0.579. The molecule has 0 bridgehead atoms. The van der Waals surface area contributed by atoms with Gasteiger partial charge in [-0.3, -0.25) is 0 Å². The van der Waals surface area contributed by atoms with Gasteiger partial charge in [-0.25, -0.2) is 9.59 Å². The van der Waals surface area contributed by atoms with Crippen LogP contribution < -0.4 is 0 Å². The molecule has 6 heteroatoms. The lowest BCUT2D eigenvalue weighted by atomic mass is 9.83. The first-order valence-corrected chi connectivity index (χ1v) is 8.10. The standard InChI is InChI=1S/C18H20ClNO4/c1-4-23-17(21)14-10-20(3)11-15(18(22)24-5-2)16(14)12-6-8-13(19)9-7-12/h6-11,16H,4-5H2,1-3H3. The second kappa shape index (κ2) is 8.02. The topological polar surface area (TPSA) is 55.8 Å². The molecule has 0 saturated heterocycles. The van der Waals surface area contributed by atoms with Crippen LogP contribution in [0.3, 0.4) is 0 Å². The predicted octanol–water partition coefficient (Wildman–Crippen LogP) is 3.26. The maximum Gasteiger partial charge on any atom is 0.336 e. The number of rotatable bonds is 5. The highest BCUT2D eigenvalue weighted by Crippen LogP contribution is 2.37. The molecule has 0 aliphatic carbocycles. The maximum atomic E-state index is 12.4. The van der Waals surface area contributed by atoms with Crippen LogP contribution in [-0.2, 0) is 19.1 Å². The van der Waals surface area contributed by atoms with E-state index in [4.69, 9.17) is 21.1 Å². The van der Waals surface area contributed by atoms with E-state index in [1.54, 1.807) is 62.5 Å². The third-order valence-electron chi connectivity index (χ3n) is 3.53. The molecule has 0 radical (unpaired) electrons. The molecule has 5 nitrogen and oxygen atoms in total. The van der Waals surface area contributed by atoms with Gasteiger partial charge in [0.25, 0.3) is 0 Å². The number of hydrogen-bond acceptors (Lipinski definition) is 5. The molecule has 0 amide bonds. The Kier molecular flexibility index (Phi) is 6.04. The average Bonchev–Trinajstić information content (AvgIpc) is 2.55. The Balaban J connectivity index is 2.50. The molecule has 0 unspecified atom stereocenters. The number of ether oxygens (including phenoxy) is 2. The second-order valence-electron chi connectivity index (χ2n) is 5.26. The van der Waals surface area contributed by atoms with E-state index in [9.17, 15) is 9.59 Å². The highest BCUT2D eigenvalue weighted by atomic mass is 35.5. The summed E-state index contributed by atoms with van der Waals surface area (Å²) in [6, 6.07) is 7.03. The van der Waals surface area contributed by atoms with Crippen LogP contribution in [0.2, 0.25) is 5.02 Å². The largest absolute Gasteiger partial charge is 0.463 e. The van der Waals surface area contributed by atoms with Crippen molar-refractivity contribution < 1.29 is 19.1 Å². The van der Waals surface area contributed by atoms with Crippen molar-refractivity contribution in [3.8, 4) is 0 Å². The van der Waals surface area contributed by atoms with Gasteiger partial charge in [0.15, 0.2) is 0 Å². The molecule has 0 fully saturated rings. The van der Waals surface area contributed by atoms with Gasteiger partial charge in [0.1, 0.15) is 0 Å². The lowest BCUT2D eigenvalue weighted by Gasteiger charge is -2.28. The van der Waals surface area contributed by atoms with Gasteiger partial charge in [0, 0.05) is 24.5 Å². The van der Waals surface area contributed by atoms with Gasteiger partial charge in [0.05, 0.1) is 30.3 Å². The molecule has 1 aliphatic rings. The quantitative estimate of drug-likeness (QED) is 0.764. The fraction of sp³-hybridized carbons (Fsp3) is 0.333. The van der Waals surface area contributed by atoms with Crippen LogP contribution in [0.5, 0.6) is 0 Å². The van der Waals surface area contributed by atoms with Gasteiger partial charge in [-0.05, 0) is 31.5 Å². The van der Waals surface area contributed by atoms with Crippen LogP contribution in [-0.4, -0.2) is 37.1 Å². The molecule has 1 aliphatic heterocycles. The van der Waals surface area contributed by atoms with Crippen LogP contribution in [0.15, 0.2) is 47.8 Å². The normalized spacial score (nSPS) is 14.8. The molecule has 0 N–H and O–H groups in total. The van der Waals surface area contributed by atoms with Crippen molar-refractivity contribution in [1.29, 1.82) is 0 Å². The summed E-state index contributed by atoms with van der Waals surface area (Å²) in [7, 11) is 1.75. The van der Waals surface area contributed by atoms with Gasteiger partial charge in [-0.1, -0.05) is 23.7 Å². The van der Waals surface area contributed by atoms with E-state index >= 15 is 0 Å². The summed E-state index contributed by atoms with van der Waals surface area (Å²) < 4.78 is 10.3. The molecule has 0 aromatic heterocycles. The molecular weight excluding hydrogens is 330 g/mol. The zero-order chi connectivity index (χ0) is 17.7. The SMILES string of the molecule is CCOC(=O)C1=CN(C)C=C(C(=O)OCC)C1c1ccc(Cl)cc1. The van der Waals surface area contributed by atoms with Crippen molar-refractivity contribution in [3.63, 3.8) is 0 Å². The Morgan fingerprint density at radius 2 is 1.46 bits per heavy atom. The Hall–Kier alpha value is -2.27. The molecule has 24 heavy (non-hydrogen) atoms. The van der Waals surface area contributed by atoms with E-state index in [1.165, 1.54) is 0 Å². The van der Waals surface area contributed by atoms with Gasteiger partial charge < -0.3 is 14.4 Å². The Morgan fingerprint density at radius 1 is 1.00 bits per heavy atom. The first-order valence-electron chi connectivity index (χ1n) is 7.73. The van der Waals surface area contributed by atoms with Crippen molar-refractivity contribution in [2.75, 3.05) is 20.3 Å². The maximum absolute atomic E-state index is 12.4. The van der Waals surface area contributed by atoms with Gasteiger partial charge in [-0.2, -0.15) is 0 Å². The van der Waals surface area contributed by atoms with Crippen molar-refractivity contribution in [2.45, 2.75) is 19.8 Å². The van der Waals surface area contributed by atoms with Crippen molar-refractivity contribution in [1.82, 2.24) is 4.90 Å². The molecule has 0 spiro atoms. The van der Waals surface area contributed by atoms with E-state index in [-0.39, 0.29) is 13.2 Å². The second-order valence-corrected chi connectivity index (χ2v) is 5.70. The Labute approximate surface area is 146 Å². The number of carbonyl (C=O) groups excluding carboxylic acids is 2. The van der Waals surface area contributed by atoms with E-state index < -0.39 is 17.9 Å². The zero-order valence-corrected chi connectivity index (χ0v) is 14.7. The lowest BCUT2D eigenvalue weighted by molar-refractivity contribution is -0.139. The first-order chi connectivity index (χ1) is 11.5. The number of nitrogens with zero attached hydrogens (tertiary/aromatic N) is 1. The number of carbonyl (C=O) groups is 2. The van der Waals surface area contributed by atoms with Crippen LogP contribution in [0.4, 0.5) is 0 Å². The van der Waals surface area contributed by atoms with Crippen LogP contribution in [0.25, 0.3) is 0 Å². The van der Waals surface area contributed by atoms with E-state index in [0.29, 0.717) is 16.2 Å². The fourth-order valence-corrected chi connectivity index (χ4v) is 2.70. The van der Waals surface area contributed by atoms with Crippen molar-refractivity contribution in [3.05, 3.63) is 58.4 Å². The van der Waals surface area contributed by atoms with Gasteiger partial charge in [0.2, 0.25) is 0 Å². The van der Waals surface area contributed by atoms with Gasteiger partial charge >= 0.3 is 11.9 Å². The van der Waals surface area contributed by atoms with E-state index in [1.807, 2.05) is 0 Å². The number of benzene rings is 1. The van der Waals surface area contributed by atoms with Crippen LogP contribution in [0.1, 0.15) is 25.3 Å². The van der Waals surface area contributed by atoms with E-state index in [2.05, 4.69) is 0 Å². The summed E-state index contributed by atoms with van der Waals surface area (Å²) in [6.07, 6.45) is 3.33. The molecule has 0 atom stereocenters. The minimum absolute atomic E-state index is 0.256. The Morgan fingerprint density at radius 3 is 1.88 bits per heavy atom. The lowest BCUT2D eigenvalue weighted by Crippen LogP contribution is -2.28. The van der Waals surface area contributed by atoms with Crippen LogP contribution >= 0.6 is 11.6 Å². The molecule has 1 aromatic rings. The number of esters is 2. The first kappa shape index (κ1) is 18.1. The third-order valence-corrected chi connectivity index (χ3v) is 3.79. The molecule has 1 aromatic carbocycles. The molecular formula is C18H20ClNO4. The Bertz CT molecular complexity index is 643. The summed E-state index contributed by atoms with van der Waals surface area (Å²) >= 11 is 5.95. The zero-order valence-electron chi connectivity index (χ0n) is 13.9. The molecule has 2 rings (SSSR count). The highest BCUT2D eigenvalue weighted by Gasteiger charge is 2.34. The minimum Gasteiger partial charge on any atom is -0.463 e. The number of hydrogen-bond donors (Lipinski definition) is 0. The van der Waals surface area contributed by atoms with E-state index in [0.717, 1.165) is 5.56 Å². The van der Waals surface area contributed by atoms with Crippen molar-refractivity contribution >= 4 is 23.5 Å². The molecule has 1 heterocycles. The summed E-state index contributed by atoms with van der Waals surface area (Å²) in [5.74, 6) is -1.48. The molecule has 128 valence electrons. The fourth-order valence-electron chi connectivity index (χ4n) is 2.58.